The lowest BCUT2D eigenvalue weighted by Gasteiger charge is -1.99. The predicted octanol–water partition coefficient (Wildman–Crippen LogP) is 4.31. The maximum absolute atomic E-state index is 2.32. The molecule has 0 bridgehead atoms. The van der Waals surface area contributed by atoms with Gasteiger partial charge in [0.15, 0.2) is 0 Å². The topological polar surface area (TPSA) is 0 Å². The molecule has 0 nitrogen and oxygen atoms in total. The van der Waals surface area contributed by atoms with Crippen molar-refractivity contribution in [2.24, 2.45) is 5.92 Å². The van der Waals surface area contributed by atoms with Crippen molar-refractivity contribution in [1.29, 1.82) is 0 Å². The van der Waals surface area contributed by atoms with Gasteiger partial charge in [-0.2, -0.15) is 0 Å². The molecule has 0 saturated heterocycles. The Hall–Kier alpha value is -0.260. The minimum absolute atomic E-state index is 0.903. The van der Waals surface area contributed by atoms with Crippen molar-refractivity contribution in [2.75, 3.05) is 0 Å². The number of rotatable bonds is 8. The lowest BCUT2D eigenvalue weighted by Crippen LogP contribution is -1.82. The zero-order chi connectivity index (χ0) is 8.65. The van der Waals surface area contributed by atoms with Gasteiger partial charge in [-0.1, -0.05) is 64.0 Å². The van der Waals surface area contributed by atoms with Crippen LogP contribution in [0.5, 0.6) is 0 Å². The highest BCUT2D eigenvalue weighted by Gasteiger charge is 2.08. The highest BCUT2D eigenvalue weighted by Crippen LogP contribution is 2.23. The van der Waals surface area contributed by atoms with Gasteiger partial charge in [0.05, 0.1) is 0 Å². The van der Waals surface area contributed by atoms with Crippen molar-refractivity contribution in [3.05, 3.63) is 12.2 Å². The van der Waals surface area contributed by atoms with Gasteiger partial charge in [0, 0.05) is 0 Å². The maximum atomic E-state index is 2.32. The second-order valence-electron chi connectivity index (χ2n) is 3.96. The Morgan fingerprint density at radius 2 is 1.42 bits per heavy atom. The first-order valence-electron chi connectivity index (χ1n) is 5.62. The van der Waals surface area contributed by atoms with Crippen LogP contribution in [0, 0.1) is 5.92 Å². The van der Waals surface area contributed by atoms with Gasteiger partial charge >= 0.3 is 0 Å². The van der Waals surface area contributed by atoms with Crippen LogP contribution >= 0.6 is 0 Å². The summed E-state index contributed by atoms with van der Waals surface area (Å²) in [6.07, 6.45) is 16.2. The molecule has 0 aromatic heterocycles. The van der Waals surface area contributed by atoms with Gasteiger partial charge in [-0.05, 0) is 12.3 Å². The summed E-state index contributed by atoms with van der Waals surface area (Å²) >= 11 is 0. The highest BCUT2D eigenvalue weighted by atomic mass is 14.1. The Bertz CT molecular complexity index is 118. The molecule has 0 spiro atoms. The van der Waals surface area contributed by atoms with Crippen LogP contribution in [0.4, 0.5) is 0 Å². The zero-order valence-corrected chi connectivity index (χ0v) is 8.39. The van der Waals surface area contributed by atoms with Crippen LogP contribution in [0.25, 0.3) is 0 Å². The van der Waals surface area contributed by atoms with Crippen LogP contribution in [-0.4, -0.2) is 0 Å². The summed E-state index contributed by atoms with van der Waals surface area (Å²) in [6.45, 7) is 2.28. The third-order valence-electron chi connectivity index (χ3n) is 2.61. The molecule has 0 atom stereocenters. The van der Waals surface area contributed by atoms with Crippen molar-refractivity contribution >= 4 is 0 Å². The first-order chi connectivity index (χ1) is 5.93. The molecule has 0 heterocycles. The number of allylic oxidation sites excluding steroid dienone is 2. The van der Waals surface area contributed by atoms with E-state index in [-0.39, 0.29) is 0 Å². The second-order valence-corrected chi connectivity index (χ2v) is 3.96. The van der Waals surface area contributed by atoms with Gasteiger partial charge in [0.2, 0.25) is 0 Å². The van der Waals surface area contributed by atoms with Gasteiger partial charge in [-0.3, -0.25) is 0 Å². The van der Waals surface area contributed by atoms with Gasteiger partial charge in [-0.15, -0.1) is 0 Å². The van der Waals surface area contributed by atoms with E-state index in [4.69, 9.17) is 0 Å². The van der Waals surface area contributed by atoms with Crippen molar-refractivity contribution < 1.29 is 0 Å². The molecule has 0 aromatic carbocycles. The van der Waals surface area contributed by atoms with Crippen LogP contribution in [0.3, 0.4) is 0 Å². The molecule has 70 valence electrons. The zero-order valence-electron chi connectivity index (χ0n) is 8.39. The molecular weight excluding hydrogens is 144 g/mol. The summed E-state index contributed by atoms with van der Waals surface area (Å²) in [5.41, 5.74) is 0. The van der Waals surface area contributed by atoms with Crippen molar-refractivity contribution in [3.63, 3.8) is 0 Å². The minimum Gasteiger partial charge on any atom is -0.0810 e. The largest absolute Gasteiger partial charge is 0.0810 e. The first kappa shape index (κ1) is 9.83. The molecule has 0 unspecified atom stereocenters. The summed E-state index contributed by atoms with van der Waals surface area (Å²) < 4.78 is 0. The SMILES string of the molecule is CCCCCCCCCC1C=C1. The molecule has 0 N–H and O–H groups in total. The normalized spacial score (nSPS) is 15.4. The van der Waals surface area contributed by atoms with E-state index < -0.39 is 0 Å². The number of hydrogen-bond acceptors (Lipinski definition) is 0. The summed E-state index contributed by atoms with van der Waals surface area (Å²) in [5, 5.41) is 0. The molecule has 12 heavy (non-hydrogen) atoms. The quantitative estimate of drug-likeness (QED) is 0.372. The molecule has 0 fully saturated rings. The van der Waals surface area contributed by atoms with Crippen LogP contribution < -0.4 is 0 Å². The molecule has 0 amide bonds. The van der Waals surface area contributed by atoms with Crippen LogP contribution in [0.2, 0.25) is 0 Å². The molecule has 0 aliphatic heterocycles. The van der Waals surface area contributed by atoms with Gasteiger partial charge in [0.25, 0.3) is 0 Å². The molecule has 0 heteroatoms. The second kappa shape index (κ2) is 6.28. The maximum Gasteiger partial charge on any atom is -0.00531 e. The fraction of sp³-hybridized carbons (Fsp3) is 0.833. The smallest absolute Gasteiger partial charge is 0.00531 e. The summed E-state index contributed by atoms with van der Waals surface area (Å²) in [6, 6.07) is 0. The highest BCUT2D eigenvalue weighted by molar-refractivity contribution is 5.12. The van der Waals surface area contributed by atoms with E-state index in [1.54, 1.807) is 0 Å². The Kier molecular flexibility index (Phi) is 5.14. The monoisotopic (exact) mass is 166 g/mol. The minimum atomic E-state index is 0.903. The third-order valence-corrected chi connectivity index (χ3v) is 2.61. The summed E-state index contributed by atoms with van der Waals surface area (Å²) in [4.78, 5) is 0. The molecule has 1 aliphatic rings. The van der Waals surface area contributed by atoms with Gasteiger partial charge in [0.1, 0.15) is 0 Å². The standard InChI is InChI=1S/C12H22/c1-2-3-4-5-6-7-8-9-12-10-11-12/h10-12H,2-9H2,1H3. The van der Waals surface area contributed by atoms with Gasteiger partial charge in [-0.25, -0.2) is 0 Å². The molecule has 1 aliphatic carbocycles. The molecule has 0 saturated carbocycles. The Morgan fingerprint density at radius 3 is 2.00 bits per heavy atom. The third kappa shape index (κ3) is 5.40. The summed E-state index contributed by atoms with van der Waals surface area (Å²) in [7, 11) is 0. The van der Waals surface area contributed by atoms with Crippen molar-refractivity contribution in [1.82, 2.24) is 0 Å². The van der Waals surface area contributed by atoms with Gasteiger partial charge < -0.3 is 0 Å². The van der Waals surface area contributed by atoms with Crippen LogP contribution in [0.1, 0.15) is 58.3 Å². The van der Waals surface area contributed by atoms with E-state index in [0.717, 1.165) is 5.92 Å². The van der Waals surface area contributed by atoms with Crippen molar-refractivity contribution in [2.45, 2.75) is 58.3 Å². The van der Waals surface area contributed by atoms with Crippen LogP contribution in [0.15, 0.2) is 12.2 Å². The van der Waals surface area contributed by atoms with E-state index in [9.17, 15) is 0 Å². The number of unbranched alkanes of at least 4 members (excludes halogenated alkanes) is 6. The van der Waals surface area contributed by atoms with Crippen LogP contribution in [-0.2, 0) is 0 Å². The molecule has 1 rings (SSSR count). The van der Waals surface area contributed by atoms with E-state index in [2.05, 4.69) is 19.1 Å². The fourth-order valence-electron chi connectivity index (χ4n) is 1.61. The average Bonchev–Trinajstić information content (AvgIpc) is 2.87. The Labute approximate surface area is 77.1 Å². The Morgan fingerprint density at radius 1 is 0.833 bits per heavy atom. The summed E-state index contributed by atoms with van der Waals surface area (Å²) in [5.74, 6) is 0.903. The van der Waals surface area contributed by atoms with Crippen molar-refractivity contribution in [3.8, 4) is 0 Å². The average molecular weight is 166 g/mol. The first-order valence-corrected chi connectivity index (χ1v) is 5.62. The van der Waals surface area contributed by atoms with E-state index in [1.165, 1.54) is 51.4 Å². The van der Waals surface area contributed by atoms with E-state index in [1.807, 2.05) is 0 Å². The lowest BCUT2D eigenvalue weighted by molar-refractivity contribution is 0.567. The molecule has 0 aromatic rings. The fourth-order valence-corrected chi connectivity index (χ4v) is 1.61. The number of hydrogen-bond donors (Lipinski definition) is 0. The molecule has 0 radical (unpaired) electrons. The molecular formula is C12H22. The van der Waals surface area contributed by atoms with E-state index in [0.29, 0.717) is 0 Å². The van der Waals surface area contributed by atoms with E-state index >= 15 is 0 Å². The lowest BCUT2D eigenvalue weighted by atomic mass is 10.1. The predicted molar refractivity (Wildman–Crippen MR) is 55.2 cm³/mol. The Balaban J connectivity index is 1.65.